The zero-order chi connectivity index (χ0) is 21.5. The van der Waals surface area contributed by atoms with Gasteiger partial charge in [0.1, 0.15) is 5.41 Å². The summed E-state index contributed by atoms with van der Waals surface area (Å²) >= 11 is 0. The highest BCUT2D eigenvalue weighted by Gasteiger charge is 2.71. The summed E-state index contributed by atoms with van der Waals surface area (Å²) in [5.74, 6) is -3.91. The third kappa shape index (κ3) is 1.99. The summed E-state index contributed by atoms with van der Waals surface area (Å²) in [4.78, 5) is 41.8. The van der Waals surface area contributed by atoms with Crippen molar-refractivity contribution in [3.8, 4) is 0 Å². The first kappa shape index (κ1) is 18.1. The van der Waals surface area contributed by atoms with E-state index in [0.29, 0.717) is 16.8 Å². The summed E-state index contributed by atoms with van der Waals surface area (Å²) in [6.45, 7) is 1.93. The molecule has 1 aliphatic heterocycles. The maximum atomic E-state index is 13.8. The molecular weight excluding hydrogens is 390 g/mol. The number of benzene rings is 3. The number of aliphatic carboxylic acids is 1. The van der Waals surface area contributed by atoms with E-state index in [2.05, 4.69) is 0 Å². The van der Waals surface area contributed by atoms with Crippen molar-refractivity contribution in [2.24, 2.45) is 11.8 Å². The van der Waals surface area contributed by atoms with Crippen LogP contribution in [-0.2, 0) is 19.8 Å². The molecule has 152 valence electrons. The molecule has 0 saturated carbocycles. The van der Waals surface area contributed by atoms with Gasteiger partial charge in [0.2, 0.25) is 11.8 Å². The molecule has 2 atom stereocenters. The van der Waals surface area contributed by atoms with Crippen molar-refractivity contribution in [3.63, 3.8) is 0 Å². The van der Waals surface area contributed by atoms with Crippen LogP contribution < -0.4 is 4.90 Å². The molecule has 1 N–H and O–H groups in total. The Balaban J connectivity index is 1.67. The summed E-state index contributed by atoms with van der Waals surface area (Å²) in [5.41, 5.74) is 2.83. The highest BCUT2D eigenvalue weighted by Crippen LogP contribution is 2.64. The van der Waals surface area contributed by atoms with Crippen LogP contribution in [0.5, 0.6) is 0 Å². The monoisotopic (exact) mass is 409 g/mol. The van der Waals surface area contributed by atoms with Crippen molar-refractivity contribution in [2.75, 3.05) is 4.90 Å². The van der Waals surface area contributed by atoms with Gasteiger partial charge in [0.15, 0.2) is 0 Å². The van der Waals surface area contributed by atoms with Crippen molar-refractivity contribution < 1.29 is 19.5 Å². The number of anilines is 1. The molecule has 0 radical (unpaired) electrons. The van der Waals surface area contributed by atoms with Crippen LogP contribution in [0.15, 0.2) is 72.8 Å². The Morgan fingerprint density at radius 2 is 1.39 bits per heavy atom. The number of hydrogen-bond donors (Lipinski definition) is 1. The highest BCUT2D eigenvalue weighted by molar-refractivity contribution is 6.25. The predicted molar refractivity (Wildman–Crippen MR) is 114 cm³/mol. The first-order valence-electron chi connectivity index (χ1n) is 10.3. The number of rotatable bonds is 2. The van der Waals surface area contributed by atoms with Crippen LogP contribution >= 0.6 is 0 Å². The van der Waals surface area contributed by atoms with Gasteiger partial charge in [-0.05, 0) is 41.3 Å². The van der Waals surface area contributed by atoms with E-state index in [1.165, 1.54) is 4.90 Å². The number of carbonyl (C=O) groups excluding carboxylic acids is 2. The second kappa shape index (κ2) is 5.91. The molecule has 1 saturated heterocycles. The molecule has 2 bridgehead atoms. The molecule has 1 heterocycles. The molecule has 3 aliphatic carbocycles. The molecular formula is C26H19NO4. The van der Waals surface area contributed by atoms with Gasteiger partial charge in [0, 0.05) is 5.92 Å². The van der Waals surface area contributed by atoms with Crippen LogP contribution in [0.1, 0.15) is 33.7 Å². The Morgan fingerprint density at radius 3 is 1.94 bits per heavy atom. The average Bonchev–Trinajstić information content (AvgIpc) is 3.05. The minimum Gasteiger partial charge on any atom is -0.480 e. The number of aryl methyl sites for hydroxylation is 1. The van der Waals surface area contributed by atoms with Crippen LogP contribution in [0.25, 0.3) is 0 Å². The van der Waals surface area contributed by atoms with E-state index in [1.54, 1.807) is 36.4 Å². The summed E-state index contributed by atoms with van der Waals surface area (Å²) in [7, 11) is 0. The number of carbonyl (C=O) groups is 3. The van der Waals surface area contributed by atoms with E-state index in [0.717, 1.165) is 16.7 Å². The molecule has 5 heteroatoms. The van der Waals surface area contributed by atoms with Crippen LogP contribution in [0.4, 0.5) is 5.69 Å². The van der Waals surface area contributed by atoms with Crippen LogP contribution in [-0.4, -0.2) is 22.9 Å². The number of imide groups is 1. The Morgan fingerprint density at radius 1 is 0.839 bits per heavy atom. The topological polar surface area (TPSA) is 74.7 Å². The zero-order valence-electron chi connectivity index (χ0n) is 16.8. The fraction of sp³-hybridized carbons (Fsp3) is 0.192. The largest absolute Gasteiger partial charge is 0.480 e. The number of hydrogen-bond acceptors (Lipinski definition) is 3. The molecule has 3 aromatic carbocycles. The first-order valence-corrected chi connectivity index (χ1v) is 10.3. The van der Waals surface area contributed by atoms with E-state index < -0.39 is 29.1 Å². The van der Waals surface area contributed by atoms with Gasteiger partial charge in [-0.2, -0.15) is 0 Å². The van der Waals surface area contributed by atoms with Crippen LogP contribution in [0.3, 0.4) is 0 Å². The number of carboxylic acid groups (broad SMARTS) is 1. The third-order valence-electron chi connectivity index (χ3n) is 7.25. The average molecular weight is 409 g/mol. The Kier molecular flexibility index (Phi) is 3.45. The Labute approximate surface area is 178 Å². The van der Waals surface area contributed by atoms with Crippen LogP contribution in [0, 0.1) is 18.8 Å². The molecule has 31 heavy (non-hydrogen) atoms. The summed E-state index contributed by atoms with van der Waals surface area (Å²) in [6, 6.07) is 21.9. The van der Waals surface area contributed by atoms with Crippen molar-refractivity contribution in [2.45, 2.75) is 18.3 Å². The first-order chi connectivity index (χ1) is 15.0. The van der Waals surface area contributed by atoms with E-state index >= 15 is 0 Å². The van der Waals surface area contributed by atoms with Gasteiger partial charge in [0.25, 0.3) is 0 Å². The number of nitrogens with zero attached hydrogens (tertiary/aromatic N) is 1. The molecule has 3 aromatic rings. The predicted octanol–water partition coefficient (Wildman–Crippen LogP) is 3.63. The van der Waals surface area contributed by atoms with Crippen molar-refractivity contribution in [1.29, 1.82) is 0 Å². The standard InChI is InChI=1S/C26H19NO4/c1-14-10-12-15(13-11-14)27-23(28)21-20-16-6-2-4-8-18(16)26(25(30)31,22(21)24(27)29)19-9-5-3-7-17(19)20/h2-13,20-22H,1H3,(H,30,31)/t20?,21-,22+,26?/m1/s1. The maximum Gasteiger partial charge on any atom is 0.319 e. The normalized spacial score (nSPS) is 27.6. The van der Waals surface area contributed by atoms with Gasteiger partial charge in [-0.15, -0.1) is 0 Å². The number of amides is 2. The van der Waals surface area contributed by atoms with E-state index in [4.69, 9.17) is 0 Å². The molecule has 7 rings (SSSR count). The van der Waals surface area contributed by atoms with Crippen molar-refractivity contribution in [3.05, 3.63) is 101 Å². The molecule has 0 spiro atoms. The molecule has 2 amide bonds. The highest BCUT2D eigenvalue weighted by atomic mass is 16.4. The second-order valence-corrected chi connectivity index (χ2v) is 8.62. The van der Waals surface area contributed by atoms with Gasteiger partial charge >= 0.3 is 5.97 Å². The van der Waals surface area contributed by atoms with E-state index in [1.807, 2.05) is 43.3 Å². The van der Waals surface area contributed by atoms with E-state index in [9.17, 15) is 19.5 Å². The Bertz CT molecular complexity index is 1250. The molecule has 5 nitrogen and oxygen atoms in total. The molecule has 1 fully saturated rings. The van der Waals surface area contributed by atoms with Gasteiger partial charge in [-0.1, -0.05) is 66.2 Å². The minimum absolute atomic E-state index is 0.321. The quantitative estimate of drug-likeness (QED) is 0.656. The zero-order valence-corrected chi connectivity index (χ0v) is 16.8. The summed E-state index contributed by atoms with van der Waals surface area (Å²) < 4.78 is 0. The summed E-state index contributed by atoms with van der Waals surface area (Å²) in [5, 5.41) is 10.7. The Hall–Kier alpha value is -3.73. The SMILES string of the molecule is Cc1ccc(N2C(=O)[C@@H]3C4c5ccccc5C(C(=O)O)(c5ccccc54)[C@@H]3C2=O)cc1. The third-order valence-corrected chi connectivity index (χ3v) is 7.25. The summed E-state index contributed by atoms with van der Waals surface area (Å²) in [6.07, 6.45) is 0. The van der Waals surface area contributed by atoms with Gasteiger partial charge < -0.3 is 5.11 Å². The molecule has 0 aromatic heterocycles. The van der Waals surface area contributed by atoms with Gasteiger partial charge in [-0.3, -0.25) is 14.4 Å². The molecule has 4 aliphatic rings. The second-order valence-electron chi connectivity index (χ2n) is 8.62. The maximum absolute atomic E-state index is 13.8. The molecule has 0 unspecified atom stereocenters. The van der Waals surface area contributed by atoms with E-state index in [-0.39, 0.29) is 11.8 Å². The number of carboxylic acids is 1. The lowest BCUT2D eigenvalue weighted by Gasteiger charge is -2.51. The van der Waals surface area contributed by atoms with Crippen molar-refractivity contribution >= 4 is 23.5 Å². The van der Waals surface area contributed by atoms with Gasteiger partial charge in [-0.25, -0.2) is 4.90 Å². The lowest BCUT2D eigenvalue weighted by molar-refractivity contribution is -0.149. The minimum atomic E-state index is -1.58. The fourth-order valence-electron chi connectivity index (χ4n) is 6.08. The smallest absolute Gasteiger partial charge is 0.319 e. The van der Waals surface area contributed by atoms with Gasteiger partial charge in [0.05, 0.1) is 17.5 Å². The van der Waals surface area contributed by atoms with Crippen LogP contribution in [0.2, 0.25) is 0 Å². The van der Waals surface area contributed by atoms with Crippen molar-refractivity contribution in [1.82, 2.24) is 0 Å². The lowest BCUT2D eigenvalue weighted by atomic mass is 9.47. The lowest BCUT2D eigenvalue weighted by Crippen LogP contribution is -2.57. The fourth-order valence-corrected chi connectivity index (χ4v) is 6.08.